The van der Waals surface area contributed by atoms with Gasteiger partial charge in [-0.3, -0.25) is 4.79 Å². The Morgan fingerprint density at radius 2 is 2.12 bits per heavy atom. The van der Waals surface area contributed by atoms with Crippen molar-refractivity contribution in [1.82, 2.24) is 5.32 Å². The number of hydrogen-bond acceptors (Lipinski definition) is 2. The molecule has 0 aliphatic carbocycles. The van der Waals surface area contributed by atoms with E-state index in [0.29, 0.717) is 13.1 Å². The van der Waals surface area contributed by atoms with E-state index in [9.17, 15) is 4.79 Å². The molecule has 0 saturated carbocycles. The van der Waals surface area contributed by atoms with Crippen LogP contribution in [0.15, 0.2) is 35.3 Å². The maximum absolute atomic E-state index is 11.0. The Balaban J connectivity index is 2.63. The molecule has 0 fully saturated rings. The normalized spacial score (nSPS) is 9.88. The van der Waals surface area contributed by atoms with Gasteiger partial charge in [-0.15, -0.1) is 0 Å². The minimum absolute atomic E-state index is 0.0580. The fourth-order valence-electron chi connectivity index (χ4n) is 1.32. The van der Waals surface area contributed by atoms with Crippen molar-refractivity contribution in [2.75, 3.05) is 11.9 Å². The van der Waals surface area contributed by atoms with Crippen LogP contribution in [0.2, 0.25) is 0 Å². The van der Waals surface area contributed by atoms with E-state index in [1.54, 1.807) is 0 Å². The summed E-state index contributed by atoms with van der Waals surface area (Å²) in [7, 11) is 0. The van der Waals surface area contributed by atoms with Crippen LogP contribution in [0.3, 0.4) is 0 Å². The molecule has 0 saturated heterocycles. The van der Waals surface area contributed by atoms with Crippen LogP contribution in [0.1, 0.15) is 12.5 Å². The number of para-hydroxylation sites is 1. The zero-order valence-corrected chi connectivity index (χ0v) is 10.8. The predicted molar refractivity (Wildman–Crippen MR) is 70.5 cm³/mol. The van der Waals surface area contributed by atoms with Gasteiger partial charge in [-0.05, 0) is 11.6 Å². The summed E-state index contributed by atoms with van der Waals surface area (Å²) >= 11 is 3.28. The lowest BCUT2D eigenvalue weighted by molar-refractivity contribution is -0.114. The van der Waals surface area contributed by atoms with E-state index >= 15 is 0 Å². The highest BCUT2D eigenvalue weighted by Gasteiger charge is 2.02. The van der Waals surface area contributed by atoms with Crippen LogP contribution >= 0.6 is 15.9 Å². The van der Waals surface area contributed by atoms with Crippen molar-refractivity contribution < 1.29 is 4.79 Å². The first-order valence-corrected chi connectivity index (χ1v) is 5.78. The van der Waals surface area contributed by atoms with Crippen LogP contribution in [-0.2, 0) is 11.3 Å². The number of nitrogens with one attached hydrogen (secondary N) is 2. The highest BCUT2D eigenvalue weighted by molar-refractivity contribution is 9.11. The molecule has 0 heterocycles. The van der Waals surface area contributed by atoms with Gasteiger partial charge in [0.15, 0.2) is 0 Å². The smallest absolute Gasteiger partial charge is 0.221 e. The minimum Gasteiger partial charge on any atom is -0.326 e. The van der Waals surface area contributed by atoms with Crippen molar-refractivity contribution in [3.8, 4) is 0 Å². The Morgan fingerprint density at radius 3 is 2.75 bits per heavy atom. The number of carbonyl (C=O) groups excluding carboxylic acids is 1. The van der Waals surface area contributed by atoms with E-state index in [-0.39, 0.29) is 5.91 Å². The van der Waals surface area contributed by atoms with Crippen LogP contribution in [-0.4, -0.2) is 12.5 Å². The fraction of sp³-hybridized carbons (Fsp3) is 0.250. The second kappa shape index (κ2) is 6.45. The molecule has 86 valence electrons. The van der Waals surface area contributed by atoms with Crippen molar-refractivity contribution in [3.05, 3.63) is 40.9 Å². The second-order valence-corrected chi connectivity index (χ2v) is 4.58. The topological polar surface area (TPSA) is 41.1 Å². The minimum atomic E-state index is -0.0580. The van der Waals surface area contributed by atoms with E-state index in [4.69, 9.17) is 0 Å². The lowest BCUT2D eigenvalue weighted by Crippen LogP contribution is -2.16. The summed E-state index contributed by atoms with van der Waals surface area (Å²) in [6, 6.07) is 7.72. The molecule has 16 heavy (non-hydrogen) atoms. The largest absolute Gasteiger partial charge is 0.326 e. The highest BCUT2D eigenvalue weighted by Crippen LogP contribution is 2.14. The molecule has 0 atom stereocenters. The third-order valence-electron chi connectivity index (χ3n) is 1.96. The zero-order chi connectivity index (χ0) is 12.0. The fourth-order valence-corrected chi connectivity index (χ4v) is 1.52. The van der Waals surface area contributed by atoms with Gasteiger partial charge in [0.05, 0.1) is 0 Å². The Hall–Kier alpha value is -1.13. The average molecular weight is 283 g/mol. The Morgan fingerprint density at radius 1 is 1.44 bits per heavy atom. The molecule has 3 nitrogen and oxygen atoms in total. The van der Waals surface area contributed by atoms with Crippen LogP contribution in [0, 0.1) is 0 Å². The zero-order valence-electron chi connectivity index (χ0n) is 9.22. The van der Waals surface area contributed by atoms with E-state index in [2.05, 4.69) is 33.1 Å². The van der Waals surface area contributed by atoms with Crippen LogP contribution in [0.25, 0.3) is 0 Å². The quantitative estimate of drug-likeness (QED) is 0.872. The number of amides is 1. The van der Waals surface area contributed by atoms with Crippen LogP contribution < -0.4 is 10.6 Å². The molecular weight excluding hydrogens is 268 g/mol. The molecule has 0 spiro atoms. The molecule has 2 N–H and O–H groups in total. The molecular formula is C12H15BrN2O. The number of anilines is 1. The summed E-state index contributed by atoms with van der Waals surface area (Å²) in [6.45, 7) is 6.64. The maximum Gasteiger partial charge on any atom is 0.221 e. The van der Waals surface area contributed by atoms with Crippen molar-refractivity contribution in [2.24, 2.45) is 0 Å². The summed E-state index contributed by atoms with van der Waals surface area (Å²) in [6.07, 6.45) is 0. The lowest BCUT2D eigenvalue weighted by Gasteiger charge is -2.10. The summed E-state index contributed by atoms with van der Waals surface area (Å²) in [5, 5.41) is 6.02. The standard InChI is InChI=1S/C12H15BrN2O/c1-9(13)7-14-8-11-5-3-4-6-12(11)15-10(2)16/h3-6,14H,1,7-8H2,2H3,(H,15,16). The van der Waals surface area contributed by atoms with E-state index < -0.39 is 0 Å². The molecule has 0 aliphatic heterocycles. The third-order valence-corrected chi connectivity index (χ3v) is 2.24. The van der Waals surface area contributed by atoms with Crippen molar-refractivity contribution in [3.63, 3.8) is 0 Å². The highest BCUT2D eigenvalue weighted by atomic mass is 79.9. The molecule has 1 amide bonds. The number of rotatable bonds is 5. The molecule has 1 rings (SSSR count). The molecule has 0 bridgehead atoms. The molecule has 0 radical (unpaired) electrons. The van der Waals surface area contributed by atoms with Gasteiger partial charge in [0.25, 0.3) is 0 Å². The van der Waals surface area contributed by atoms with E-state index in [1.165, 1.54) is 6.92 Å². The van der Waals surface area contributed by atoms with Gasteiger partial charge in [-0.2, -0.15) is 0 Å². The van der Waals surface area contributed by atoms with Crippen LogP contribution in [0.4, 0.5) is 5.69 Å². The van der Waals surface area contributed by atoms with E-state index in [1.807, 2.05) is 24.3 Å². The lowest BCUT2D eigenvalue weighted by atomic mass is 10.1. The number of hydrogen-bond donors (Lipinski definition) is 2. The third kappa shape index (κ3) is 4.59. The Kier molecular flexibility index (Phi) is 5.22. The van der Waals surface area contributed by atoms with Gasteiger partial charge in [0.2, 0.25) is 5.91 Å². The first-order chi connectivity index (χ1) is 7.59. The number of carbonyl (C=O) groups is 1. The van der Waals surface area contributed by atoms with Gasteiger partial charge >= 0.3 is 0 Å². The summed E-state index contributed by atoms with van der Waals surface area (Å²) < 4.78 is 0.907. The first kappa shape index (κ1) is 12.9. The first-order valence-electron chi connectivity index (χ1n) is 4.99. The van der Waals surface area contributed by atoms with Gasteiger partial charge in [-0.25, -0.2) is 0 Å². The van der Waals surface area contributed by atoms with Gasteiger partial charge < -0.3 is 10.6 Å². The molecule has 4 heteroatoms. The monoisotopic (exact) mass is 282 g/mol. The molecule has 0 aromatic heterocycles. The Labute approximate surface area is 104 Å². The molecule has 1 aromatic carbocycles. The number of halogens is 1. The summed E-state index contributed by atoms with van der Waals surface area (Å²) in [5.74, 6) is -0.0580. The Bertz CT molecular complexity index is 390. The summed E-state index contributed by atoms with van der Waals surface area (Å²) in [4.78, 5) is 11.0. The van der Waals surface area contributed by atoms with Gasteiger partial charge in [-0.1, -0.05) is 40.7 Å². The van der Waals surface area contributed by atoms with Gasteiger partial charge in [0, 0.05) is 30.2 Å². The molecule has 1 aromatic rings. The van der Waals surface area contributed by atoms with Gasteiger partial charge in [0.1, 0.15) is 0 Å². The molecule has 0 aliphatic rings. The van der Waals surface area contributed by atoms with E-state index in [0.717, 1.165) is 15.7 Å². The predicted octanol–water partition coefficient (Wildman–Crippen LogP) is 2.64. The van der Waals surface area contributed by atoms with Crippen molar-refractivity contribution >= 4 is 27.5 Å². The average Bonchev–Trinajstić information content (AvgIpc) is 2.19. The van der Waals surface area contributed by atoms with Crippen LogP contribution in [0.5, 0.6) is 0 Å². The maximum atomic E-state index is 11.0. The SMILES string of the molecule is C=C(Br)CNCc1ccccc1NC(C)=O. The second-order valence-electron chi connectivity index (χ2n) is 3.46. The van der Waals surface area contributed by atoms with Crippen molar-refractivity contribution in [1.29, 1.82) is 0 Å². The molecule has 0 unspecified atom stereocenters. The summed E-state index contributed by atoms with van der Waals surface area (Å²) in [5.41, 5.74) is 1.91. The number of benzene rings is 1. The van der Waals surface area contributed by atoms with Crippen molar-refractivity contribution in [2.45, 2.75) is 13.5 Å².